The van der Waals surface area contributed by atoms with Crippen molar-refractivity contribution in [2.45, 2.75) is 25.0 Å². The molecule has 0 aliphatic carbocycles. The molecule has 2 aliphatic heterocycles. The van der Waals surface area contributed by atoms with E-state index in [1.54, 1.807) is 12.0 Å². The molecule has 0 aromatic heterocycles. The standard InChI is InChI=1S/C13H22N2O5/c1-18-8-2-5-14-11(16)12(17)15-6-3-13(4-7-15)19-9-10-20-13/h2-10H2,1H3,(H,14,16). The summed E-state index contributed by atoms with van der Waals surface area (Å²) in [6, 6.07) is 0. The highest BCUT2D eigenvalue weighted by Crippen LogP contribution is 2.31. The van der Waals surface area contributed by atoms with Gasteiger partial charge >= 0.3 is 11.8 Å². The lowest BCUT2D eigenvalue weighted by molar-refractivity contribution is -0.188. The van der Waals surface area contributed by atoms with Gasteiger partial charge in [0.05, 0.1) is 13.2 Å². The van der Waals surface area contributed by atoms with Gasteiger partial charge in [-0.25, -0.2) is 0 Å². The predicted molar refractivity (Wildman–Crippen MR) is 70.0 cm³/mol. The van der Waals surface area contributed by atoms with E-state index in [0.29, 0.717) is 58.7 Å². The zero-order valence-corrected chi connectivity index (χ0v) is 11.9. The van der Waals surface area contributed by atoms with Crippen LogP contribution in [0.3, 0.4) is 0 Å². The lowest BCUT2D eigenvalue weighted by Crippen LogP contribution is -2.51. The minimum Gasteiger partial charge on any atom is -0.385 e. The van der Waals surface area contributed by atoms with Gasteiger partial charge in [0.25, 0.3) is 0 Å². The molecule has 2 amide bonds. The second-order valence-electron chi connectivity index (χ2n) is 5.00. The number of ether oxygens (including phenoxy) is 3. The average Bonchev–Trinajstić information content (AvgIpc) is 2.92. The maximum Gasteiger partial charge on any atom is 0.311 e. The molecule has 114 valence electrons. The Morgan fingerprint density at radius 3 is 2.50 bits per heavy atom. The molecule has 0 aromatic rings. The highest BCUT2D eigenvalue weighted by atomic mass is 16.7. The summed E-state index contributed by atoms with van der Waals surface area (Å²) in [5.74, 6) is -1.55. The summed E-state index contributed by atoms with van der Waals surface area (Å²) in [5, 5.41) is 2.60. The van der Waals surface area contributed by atoms with E-state index >= 15 is 0 Å². The fourth-order valence-corrected chi connectivity index (χ4v) is 2.47. The molecule has 1 spiro atoms. The van der Waals surface area contributed by atoms with Gasteiger partial charge in [0, 0.05) is 46.2 Å². The summed E-state index contributed by atoms with van der Waals surface area (Å²) in [7, 11) is 1.60. The van der Waals surface area contributed by atoms with E-state index in [0.717, 1.165) is 0 Å². The van der Waals surface area contributed by atoms with Crippen LogP contribution in [0.2, 0.25) is 0 Å². The molecule has 7 nitrogen and oxygen atoms in total. The van der Waals surface area contributed by atoms with Gasteiger partial charge in [0.15, 0.2) is 5.79 Å². The molecule has 2 heterocycles. The molecule has 2 rings (SSSR count). The number of hydrogen-bond donors (Lipinski definition) is 1. The Labute approximate surface area is 118 Å². The molecule has 1 N–H and O–H groups in total. The van der Waals surface area contributed by atoms with Crippen LogP contribution < -0.4 is 5.32 Å². The van der Waals surface area contributed by atoms with E-state index in [4.69, 9.17) is 14.2 Å². The first-order chi connectivity index (χ1) is 9.67. The number of piperidine rings is 1. The molecule has 0 aromatic carbocycles. The second kappa shape index (κ2) is 7.01. The Bertz CT molecular complexity index is 345. The van der Waals surface area contributed by atoms with Crippen LogP contribution in [0.15, 0.2) is 0 Å². The van der Waals surface area contributed by atoms with Gasteiger partial charge in [-0.05, 0) is 6.42 Å². The Morgan fingerprint density at radius 2 is 1.90 bits per heavy atom. The third-order valence-corrected chi connectivity index (χ3v) is 3.63. The number of hydrogen-bond acceptors (Lipinski definition) is 5. The maximum absolute atomic E-state index is 12.0. The molecule has 2 fully saturated rings. The molecule has 0 atom stereocenters. The van der Waals surface area contributed by atoms with Crippen molar-refractivity contribution in [3.63, 3.8) is 0 Å². The third kappa shape index (κ3) is 3.68. The quantitative estimate of drug-likeness (QED) is 0.557. The summed E-state index contributed by atoms with van der Waals surface area (Å²) >= 11 is 0. The first kappa shape index (κ1) is 15.2. The van der Waals surface area contributed by atoms with E-state index in [2.05, 4.69) is 5.32 Å². The highest BCUT2D eigenvalue weighted by Gasteiger charge is 2.41. The van der Waals surface area contributed by atoms with Crippen molar-refractivity contribution in [2.24, 2.45) is 0 Å². The first-order valence-electron chi connectivity index (χ1n) is 7.01. The second-order valence-corrected chi connectivity index (χ2v) is 5.00. The van der Waals surface area contributed by atoms with Crippen LogP contribution in [-0.2, 0) is 23.8 Å². The minimum absolute atomic E-state index is 0.447. The molecule has 0 saturated carbocycles. The largest absolute Gasteiger partial charge is 0.385 e. The van der Waals surface area contributed by atoms with E-state index in [1.807, 2.05) is 0 Å². The zero-order chi connectivity index (χ0) is 14.4. The third-order valence-electron chi connectivity index (χ3n) is 3.63. The smallest absolute Gasteiger partial charge is 0.311 e. The monoisotopic (exact) mass is 286 g/mol. The SMILES string of the molecule is COCCCNC(=O)C(=O)N1CCC2(CC1)OCCO2. The van der Waals surface area contributed by atoms with E-state index in [9.17, 15) is 9.59 Å². The topological polar surface area (TPSA) is 77.1 Å². The molecule has 7 heteroatoms. The number of amides is 2. The summed E-state index contributed by atoms with van der Waals surface area (Å²) in [6.45, 7) is 3.20. The fraction of sp³-hybridized carbons (Fsp3) is 0.846. The summed E-state index contributed by atoms with van der Waals surface area (Å²) in [4.78, 5) is 25.2. The van der Waals surface area contributed by atoms with Gasteiger partial charge in [-0.1, -0.05) is 0 Å². The van der Waals surface area contributed by atoms with E-state index in [-0.39, 0.29) is 0 Å². The Kier molecular flexibility index (Phi) is 5.33. The number of nitrogens with one attached hydrogen (secondary N) is 1. The van der Waals surface area contributed by atoms with Gasteiger partial charge in [-0.3, -0.25) is 9.59 Å². The van der Waals surface area contributed by atoms with Crippen molar-refractivity contribution >= 4 is 11.8 Å². The van der Waals surface area contributed by atoms with Crippen molar-refractivity contribution < 1.29 is 23.8 Å². The number of methoxy groups -OCH3 is 1. The van der Waals surface area contributed by atoms with Gasteiger partial charge < -0.3 is 24.4 Å². The lowest BCUT2D eigenvalue weighted by atomic mass is 10.0. The maximum atomic E-state index is 12.0. The number of likely N-dealkylation sites (tertiary alicyclic amines) is 1. The van der Waals surface area contributed by atoms with Gasteiger partial charge in [0.2, 0.25) is 0 Å². The number of nitrogens with zero attached hydrogens (tertiary/aromatic N) is 1. The Morgan fingerprint density at radius 1 is 1.25 bits per heavy atom. The zero-order valence-electron chi connectivity index (χ0n) is 11.9. The van der Waals surface area contributed by atoms with Crippen molar-refractivity contribution in [2.75, 3.05) is 46.6 Å². The van der Waals surface area contributed by atoms with Gasteiger partial charge in [-0.15, -0.1) is 0 Å². The van der Waals surface area contributed by atoms with Crippen LogP contribution in [0, 0.1) is 0 Å². The van der Waals surface area contributed by atoms with E-state index < -0.39 is 17.6 Å². The van der Waals surface area contributed by atoms with Crippen LogP contribution in [0.4, 0.5) is 0 Å². The summed E-state index contributed by atoms with van der Waals surface area (Å²) in [5.41, 5.74) is 0. The number of carbonyl (C=O) groups is 2. The molecular formula is C13H22N2O5. The van der Waals surface area contributed by atoms with Gasteiger partial charge in [-0.2, -0.15) is 0 Å². The molecule has 0 unspecified atom stereocenters. The van der Waals surface area contributed by atoms with Crippen LogP contribution in [-0.4, -0.2) is 69.1 Å². The van der Waals surface area contributed by atoms with Crippen LogP contribution in [0.5, 0.6) is 0 Å². The summed E-state index contributed by atoms with van der Waals surface area (Å²) in [6.07, 6.45) is 1.94. The van der Waals surface area contributed by atoms with E-state index in [1.165, 1.54) is 0 Å². The van der Waals surface area contributed by atoms with Crippen LogP contribution in [0.25, 0.3) is 0 Å². The fourth-order valence-electron chi connectivity index (χ4n) is 2.47. The normalized spacial score (nSPS) is 21.1. The molecule has 0 bridgehead atoms. The minimum atomic E-state index is -0.551. The number of rotatable bonds is 4. The number of carbonyl (C=O) groups excluding carboxylic acids is 2. The predicted octanol–water partition coefficient (Wildman–Crippen LogP) is -0.495. The van der Waals surface area contributed by atoms with Crippen molar-refractivity contribution in [1.82, 2.24) is 10.2 Å². The Balaban J connectivity index is 1.72. The van der Waals surface area contributed by atoms with Gasteiger partial charge in [0.1, 0.15) is 0 Å². The van der Waals surface area contributed by atoms with Crippen LogP contribution >= 0.6 is 0 Å². The van der Waals surface area contributed by atoms with Crippen molar-refractivity contribution in [3.05, 3.63) is 0 Å². The van der Waals surface area contributed by atoms with Crippen molar-refractivity contribution in [1.29, 1.82) is 0 Å². The lowest BCUT2D eigenvalue weighted by Gasteiger charge is -2.37. The first-order valence-corrected chi connectivity index (χ1v) is 7.01. The molecule has 2 saturated heterocycles. The van der Waals surface area contributed by atoms with Crippen LogP contribution in [0.1, 0.15) is 19.3 Å². The molecule has 0 radical (unpaired) electrons. The Hall–Kier alpha value is -1.18. The molecular weight excluding hydrogens is 264 g/mol. The molecule has 2 aliphatic rings. The average molecular weight is 286 g/mol. The highest BCUT2D eigenvalue weighted by molar-refractivity contribution is 6.35. The molecule has 20 heavy (non-hydrogen) atoms. The van der Waals surface area contributed by atoms with Crippen molar-refractivity contribution in [3.8, 4) is 0 Å². The summed E-state index contributed by atoms with van der Waals surface area (Å²) < 4.78 is 16.1.